The summed E-state index contributed by atoms with van der Waals surface area (Å²) in [5, 5.41) is 24.2. The first-order chi connectivity index (χ1) is 15.9. The van der Waals surface area contributed by atoms with E-state index in [2.05, 4.69) is 20.8 Å². The van der Waals surface area contributed by atoms with Gasteiger partial charge in [0.15, 0.2) is 0 Å². The lowest BCUT2D eigenvalue weighted by Crippen LogP contribution is -2.66. The molecular formula is C20H19N7O4S2. The Morgan fingerprint density at radius 1 is 1.33 bits per heavy atom. The number of para-hydroxylation sites is 1. The minimum absolute atomic E-state index is 0.0192. The second-order valence-corrected chi connectivity index (χ2v) is 9.80. The number of carbonyl (C=O) groups excluding carboxylic acids is 2. The number of carbonyl (C=O) groups is 3. The van der Waals surface area contributed by atoms with Gasteiger partial charge in [-0.1, -0.05) is 30.0 Å². The number of hydrogen-bond acceptors (Lipinski definition) is 8. The maximum absolute atomic E-state index is 13.0. The number of carboxylic acid groups (broad SMARTS) is 1. The van der Waals surface area contributed by atoms with Gasteiger partial charge in [-0.2, -0.15) is 0 Å². The summed E-state index contributed by atoms with van der Waals surface area (Å²) in [4.78, 5) is 38.9. The van der Waals surface area contributed by atoms with Gasteiger partial charge in [0, 0.05) is 24.5 Å². The maximum Gasteiger partial charge on any atom is 0.352 e. The van der Waals surface area contributed by atoms with Gasteiger partial charge >= 0.3 is 5.97 Å². The van der Waals surface area contributed by atoms with Crippen LogP contribution in [0.15, 0.2) is 53.5 Å². The molecule has 2 aliphatic rings. The number of tetrazole rings is 1. The van der Waals surface area contributed by atoms with E-state index in [1.807, 2.05) is 41.1 Å². The fourth-order valence-electron chi connectivity index (χ4n) is 3.98. The molecule has 0 radical (unpaired) electrons. The highest BCUT2D eigenvalue weighted by Gasteiger charge is 2.56. The van der Waals surface area contributed by atoms with Crippen molar-refractivity contribution in [3.05, 3.63) is 48.3 Å². The molecule has 4 heterocycles. The van der Waals surface area contributed by atoms with Crippen LogP contribution < -0.4 is 5.32 Å². The summed E-state index contributed by atoms with van der Waals surface area (Å²) in [6.45, 7) is 0.0738. The second kappa shape index (κ2) is 8.56. The van der Waals surface area contributed by atoms with Gasteiger partial charge in [0.2, 0.25) is 17.0 Å². The molecule has 0 bridgehead atoms. The Morgan fingerprint density at radius 3 is 2.91 bits per heavy atom. The van der Waals surface area contributed by atoms with Crippen molar-refractivity contribution in [3.8, 4) is 0 Å². The molecule has 2 aliphatic heterocycles. The SMILES string of the molecule is Cn1nnnc1SC(NC(=O)Cn1ccc2ccccc21)C1C(=O)N2C(C(=O)O)=CCSC12. The summed E-state index contributed by atoms with van der Waals surface area (Å²) in [6, 6.07) is 9.69. The van der Waals surface area contributed by atoms with Crippen LogP contribution >= 0.6 is 23.5 Å². The molecule has 1 aromatic carbocycles. The van der Waals surface area contributed by atoms with Crippen LogP contribution in [-0.4, -0.2) is 69.1 Å². The van der Waals surface area contributed by atoms with E-state index in [4.69, 9.17) is 0 Å². The highest BCUT2D eigenvalue weighted by atomic mass is 32.2. The molecule has 5 rings (SSSR count). The highest BCUT2D eigenvalue weighted by molar-refractivity contribution is 8.01. The average Bonchev–Trinajstić information content (AvgIpc) is 3.39. The molecule has 33 heavy (non-hydrogen) atoms. The van der Waals surface area contributed by atoms with E-state index in [-0.39, 0.29) is 29.4 Å². The molecule has 0 spiro atoms. The number of amides is 2. The number of benzene rings is 1. The molecule has 1 fully saturated rings. The van der Waals surface area contributed by atoms with Crippen molar-refractivity contribution in [2.24, 2.45) is 13.0 Å². The Morgan fingerprint density at radius 2 is 2.15 bits per heavy atom. The van der Waals surface area contributed by atoms with Gasteiger partial charge in [-0.15, -0.1) is 16.9 Å². The van der Waals surface area contributed by atoms with Crippen LogP contribution in [-0.2, 0) is 28.0 Å². The number of aromatic nitrogens is 5. The van der Waals surface area contributed by atoms with Gasteiger partial charge in [-0.25, -0.2) is 9.48 Å². The van der Waals surface area contributed by atoms with Crippen molar-refractivity contribution in [3.63, 3.8) is 0 Å². The Labute approximate surface area is 196 Å². The number of rotatable bonds is 7. The van der Waals surface area contributed by atoms with Crippen molar-refractivity contribution in [1.82, 2.24) is 35.0 Å². The van der Waals surface area contributed by atoms with E-state index in [0.717, 1.165) is 10.9 Å². The molecule has 11 nitrogen and oxygen atoms in total. The van der Waals surface area contributed by atoms with E-state index in [1.165, 1.54) is 39.2 Å². The molecule has 3 atom stereocenters. The molecular weight excluding hydrogens is 466 g/mol. The standard InChI is InChI=1S/C20H19N7O4S2/c1-25-20(22-23-24-25)33-16(15-17(29)27-13(19(30)31)7-9-32-18(15)27)21-14(28)10-26-8-6-11-4-2-3-5-12(11)26/h2-8,15-16,18H,9-10H2,1H3,(H,21,28)(H,30,31). The third kappa shape index (κ3) is 3.86. The summed E-state index contributed by atoms with van der Waals surface area (Å²) >= 11 is 2.64. The van der Waals surface area contributed by atoms with Crippen LogP contribution in [0.25, 0.3) is 10.9 Å². The molecule has 2 amide bonds. The molecule has 0 saturated carbocycles. The second-order valence-electron chi connectivity index (χ2n) is 7.55. The fraction of sp³-hybridized carbons (Fsp3) is 0.300. The number of thioether (sulfide) groups is 2. The van der Waals surface area contributed by atoms with Crippen molar-refractivity contribution >= 4 is 52.2 Å². The smallest absolute Gasteiger partial charge is 0.352 e. The van der Waals surface area contributed by atoms with Crippen LogP contribution in [0.4, 0.5) is 0 Å². The summed E-state index contributed by atoms with van der Waals surface area (Å²) in [6.07, 6.45) is 3.37. The van der Waals surface area contributed by atoms with E-state index < -0.39 is 17.3 Å². The Bertz CT molecular complexity index is 1290. The molecule has 3 aromatic rings. The summed E-state index contributed by atoms with van der Waals surface area (Å²) in [5.74, 6) is -1.91. The first-order valence-corrected chi connectivity index (χ1v) is 12.0. The first kappa shape index (κ1) is 21.5. The molecule has 13 heteroatoms. The number of nitrogens with zero attached hydrogens (tertiary/aromatic N) is 6. The van der Waals surface area contributed by atoms with Gasteiger partial charge in [0.25, 0.3) is 0 Å². The van der Waals surface area contributed by atoms with Gasteiger partial charge in [0.1, 0.15) is 12.2 Å². The summed E-state index contributed by atoms with van der Waals surface area (Å²) in [5.41, 5.74) is 0.911. The number of aliphatic carboxylic acids is 1. The van der Waals surface area contributed by atoms with Gasteiger partial charge in [-0.05, 0) is 34.0 Å². The number of hydrogen-bond donors (Lipinski definition) is 2. The van der Waals surface area contributed by atoms with Gasteiger partial charge in [-0.3, -0.25) is 14.5 Å². The Balaban J connectivity index is 1.38. The maximum atomic E-state index is 13.0. The number of aryl methyl sites for hydroxylation is 1. The number of carboxylic acids is 1. The predicted molar refractivity (Wildman–Crippen MR) is 121 cm³/mol. The predicted octanol–water partition coefficient (Wildman–Crippen LogP) is 0.899. The molecule has 2 N–H and O–H groups in total. The highest BCUT2D eigenvalue weighted by Crippen LogP contribution is 2.45. The van der Waals surface area contributed by atoms with E-state index >= 15 is 0 Å². The molecule has 0 aliphatic carbocycles. The van der Waals surface area contributed by atoms with Crippen molar-refractivity contribution < 1.29 is 19.5 Å². The summed E-state index contributed by atoms with van der Waals surface area (Å²) < 4.78 is 3.30. The minimum Gasteiger partial charge on any atom is -0.477 e. The van der Waals surface area contributed by atoms with Gasteiger partial charge in [0.05, 0.1) is 16.7 Å². The fourth-order valence-corrected chi connectivity index (χ4v) is 6.48. The third-order valence-electron chi connectivity index (χ3n) is 5.54. The summed E-state index contributed by atoms with van der Waals surface area (Å²) in [7, 11) is 1.67. The minimum atomic E-state index is -1.14. The molecule has 2 aromatic heterocycles. The van der Waals surface area contributed by atoms with Gasteiger partial charge < -0.3 is 15.0 Å². The first-order valence-electron chi connectivity index (χ1n) is 10.0. The quantitative estimate of drug-likeness (QED) is 0.284. The van der Waals surface area contributed by atoms with E-state index in [9.17, 15) is 19.5 Å². The van der Waals surface area contributed by atoms with E-state index in [1.54, 1.807) is 7.05 Å². The number of nitrogens with one attached hydrogen (secondary N) is 1. The largest absolute Gasteiger partial charge is 0.477 e. The zero-order valence-corrected chi connectivity index (χ0v) is 19.0. The topological polar surface area (TPSA) is 135 Å². The van der Waals surface area contributed by atoms with Crippen molar-refractivity contribution in [1.29, 1.82) is 0 Å². The Hall–Kier alpha value is -3.32. The molecule has 3 unspecified atom stereocenters. The van der Waals surface area contributed by atoms with Crippen LogP contribution in [0.5, 0.6) is 0 Å². The zero-order valence-electron chi connectivity index (χ0n) is 17.4. The lowest BCUT2D eigenvalue weighted by molar-refractivity contribution is -0.152. The van der Waals surface area contributed by atoms with Crippen LogP contribution in [0.1, 0.15) is 0 Å². The number of fused-ring (bicyclic) bond motifs is 2. The van der Waals surface area contributed by atoms with Crippen LogP contribution in [0, 0.1) is 5.92 Å². The van der Waals surface area contributed by atoms with Crippen molar-refractivity contribution in [2.75, 3.05) is 5.75 Å². The monoisotopic (exact) mass is 485 g/mol. The average molecular weight is 486 g/mol. The molecule has 170 valence electrons. The third-order valence-corrected chi connectivity index (χ3v) is 7.97. The number of β-lactam (4-membered cyclic amide) rings is 1. The van der Waals surface area contributed by atoms with E-state index in [0.29, 0.717) is 10.9 Å². The van der Waals surface area contributed by atoms with Crippen LogP contribution in [0.3, 0.4) is 0 Å². The molecule has 1 saturated heterocycles. The lowest BCUT2D eigenvalue weighted by atomic mass is 9.96. The lowest BCUT2D eigenvalue weighted by Gasteiger charge is -2.50. The van der Waals surface area contributed by atoms with Crippen molar-refractivity contribution in [2.45, 2.75) is 22.4 Å². The Kier molecular flexibility index (Phi) is 5.58. The normalized spacial score (nSPS) is 20.7. The van der Waals surface area contributed by atoms with Crippen LogP contribution in [0.2, 0.25) is 0 Å². The zero-order chi connectivity index (χ0) is 23.1.